The van der Waals surface area contributed by atoms with Crippen LogP contribution in [0.25, 0.3) is 0 Å². The van der Waals surface area contributed by atoms with Crippen molar-refractivity contribution in [2.24, 2.45) is 0 Å². The Labute approximate surface area is 178 Å². The number of allylic oxidation sites excluding steroid dienone is 1. The summed E-state index contributed by atoms with van der Waals surface area (Å²) in [5.74, 6) is -2.63. The fourth-order valence-electron chi connectivity index (χ4n) is 3.25. The van der Waals surface area contributed by atoms with Crippen molar-refractivity contribution in [3.63, 3.8) is 0 Å². The number of carbonyl (C=O) groups excluding carboxylic acids is 1. The van der Waals surface area contributed by atoms with Gasteiger partial charge in [0.1, 0.15) is 11.9 Å². The number of alkyl halides is 3. The third-order valence-corrected chi connectivity index (χ3v) is 4.89. The largest absolute Gasteiger partial charge is 0.453 e. The molecule has 1 aromatic heterocycles. The Kier molecular flexibility index (Phi) is 5.18. The number of nitrogens with one attached hydrogen (secondary N) is 2. The summed E-state index contributed by atoms with van der Waals surface area (Å²) >= 11 is 5.86. The Hall–Kier alpha value is -3.40. The van der Waals surface area contributed by atoms with Crippen molar-refractivity contribution in [3.8, 4) is 0 Å². The molecule has 2 heterocycles. The van der Waals surface area contributed by atoms with E-state index >= 15 is 0 Å². The van der Waals surface area contributed by atoms with E-state index in [1.54, 1.807) is 31.2 Å². The topological polar surface area (TPSA) is 71.8 Å². The molecule has 4 rings (SSSR count). The first-order valence-corrected chi connectivity index (χ1v) is 9.35. The lowest BCUT2D eigenvalue weighted by Crippen LogP contribution is -2.31. The van der Waals surface area contributed by atoms with Crippen LogP contribution in [0.5, 0.6) is 0 Å². The average molecular weight is 452 g/mol. The van der Waals surface area contributed by atoms with Gasteiger partial charge in [0.15, 0.2) is 0 Å². The minimum atomic E-state index is -4.78. The highest BCUT2D eigenvalue weighted by atomic mass is 35.5. The summed E-state index contributed by atoms with van der Waals surface area (Å²) in [7, 11) is 0. The first-order valence-electron chi connectivity index (χ1n) is 8.97. The molecule has 0 saturated heterocycles. The summed E-state index contributed by atoms with van der Waals surface area (Å²) in [4.78, 5) is 16.6. The van der Waals surface area contributed by atoms with E-state index in [9.17, 15) is 22.4 Å². The van der Waals surface area contributed by atoms with Crippen LogP contribution in [0, 0.1) is 5.82 Å². The third-order valence-electron chi connectivity index (χ3n) is 4.64. The van der Waals surface area contributed by atoms with Gasteiger partial charge in [0, 0.05) is 16.4 Å². The molecule has 1 atom stereocenters. The molecule has 0 spiro atoms. The monoisotopic (exact) mass is 451 g/mol. The maximum atomic E-state index is 13.5. The van der Waals surface area contributed by atoms with E-state index in [0.29, 0.717) is 16.3 Å². The number of fused-ring (bicyclic) bond motifs is 1. The molecule has 160 valence electrons. The van der Waals surface area contributed by atoms with E-state index in [2.05, 4.69) is 20.7 Å². The molecule has 0 radical (unpaired) electrons. The van der Waals surface area contributed by atoms with Crippen molar-refractivity contribution in [1.82, 2.24) is 14.8 Å². The van der Waals surface area contributed by atoms with E-state index in [1.807, 2.05) is 0 Å². The number of anilines is 2. The maximum absolute atomic E-state index is 13.5. The fourth-order valence-corrected chi connectivity index (χ4v) is 3.38. The number of amides is 1. The summed E-state index contributed by atoms with van der Waals surface area (Å²) in [6.07, 6.45) is -4.78. The van der Waals surface area contributed by atoms with Crippen LogP contribution in [0.15, 0.2) is 59.8 Å². The number of rotatable bonds is 3. The predicted octanol–water partition coefficient (Wildman–Crippen LogP) is 5.02. The SMILES string of the molecule is CC1=C(C(=O)Nc2ccc(Cl)cc2)[C@@H](c2ccc(F)cc2)n2nc(C(F)(F)F)nc2N1. The third kappa shape index (κ3) is 4.11. The molecular weight excluding hydrogens is 438 g/mol. The second-order valence-electron chi connectivity index (χ2n) is 6.78. The van der Waals surface area contributed by atoms with E-state index in [-0.39, 0.29) is 17.2 Å². The Balaban J connectivity index is 1.80. The molecule has 0 saturated carbocycles. The summed E-state index contributed by atoms with van der Waals surface area (Å²) in [6.45, 7) is 1.54. The van der Waals surface area contributed by atoms with Crippen LogP contribution in [0.4, 0.5) is 29.2 Å². The Bertz CT molecular complexity index is 1170. The molecule has 0 fully saturated rings. The van der Waals surface area contributed by atoms with E-state index in [4.69, 9.17) is 11.6 Å². The molecule has 31 heavy (non-hydrogen) atoms. The van der Waals surface area contributed by atoms with Crippen molar-refractivity contribution >= 4 is 29.1 Å². The smallest absolute Gasteiger partial charge is 0.328 e. The van der Waals surface area contributed by atoms with E-state index in [1.165, 1.54) is 12.1 Å². The van der Waals surface area contributed by atoms with Gasteiger partial charge in [0.2, 0.25) is 5.95 Å². The maximum Gasteiger partial charge on any atom is 0.453 e. The molecule has 1 aliphatic rings. The van der Waals surface area contributed by atoms with Gasteiger partial charge in [0.25, 0.3) is 11.7 Å². The second-order valence-corrected chi connectivity index (χ2v) is 7.22. The van der Waals surface area contributed by atoms with Crippen LogP contribution in [0.2, 0.25) is 5.02 Å². The van der Waals surface area contributed by atoms with Crippen molar-refractivity contribution in [2.75, 3.05) is 10.6 Å². The molecule has 0 unspecified atom stereocenters. The van der Waals surface area contributed by atoms with Gasteiger partial charge in [-0.15, -0.1) is 5.10 Å². The highest BCUT2D eigenvalue weighted by molar-refractivity contribution is 6.30. The van der Waals surface area contributed by atoms with Crippen LogP contribution in [0.3, 0.4) is 0 Å². The molecule has 2 aromatic carbocycles. The number of aromatic nitrogens is 3. The fraction of sp³-hybridized carbons (Fsp3) is 0.150. The van der Waals surface area contributed by atoms with Crippen LogP contribution in [-0.4, -0.2) is 20.7 Å². The van der Waals surface area contributed by atoms with Gasteiger partial charge < -0.3 is 10.6 Å². The zero-order valence-corrected chi connectivity index (χ0v) is 16.6. The van der Waals surface area contributed by atoms with Crippen molar-refractivity contribution in [3.05, 3.63) is 82.0 Å². The molecule has 3 aromatic rings. The predicted molar refractivity (Wildman–Crippen MR) is 106 cm³/mol. The van der Waals surface area contributed by atoms with Crippen LogP contribution >= 0.6 is 11.6 Å². The molecule has 6 nitrogen and oxygen atoms in total. The first kappa shape index (κ1) is 20.9. The molecule has 0 aliphatic carbocycles. The Morgan fingerprint density at radius 2 is 1.77 bits per heavy atom. The average Bonchev–Trinajstić information content (AvgIpc) is 3.13. The lowest BCUT2D eigenvalue weighted by molar-refractivity contribution is -0.145. The van der Waals surface area contributed by atoms with Gasteiger partial charge in [-0.3, -0.25) is 4.79 Å². The lowest BCUT2D eigenvalue weighted by Gasteiger charge is -2.28. The minimum absolute atomic E-state index is 0.104. The number of carbonyl (C=O) groups is 1. The number of hydrogen-bond acceptors (Lipinski definition) is 4. The van der Waals surface area contributed by atoms with Crippen LogP contribution in [0.1, 0.15) is 24.4 Å². The zero-order chi connectivity index (χ0) is 22.3. The first-order chi connectivity index (χ1) is 14.6. The van der Waals surface area contributed by atoms with E-state index in [0.717, 1.165) is 16.8 Å². The minimum Gasteiger partial charge on any atom is -0.328 e. The van der Waals surface area contributed by atoms with Crippen molar-refractivity contribution in [2.45, 2.75) is 19.1 Å². The molecule has 2 N–H and O–H groups in total. The summed E-state index contributed by atoms with van der Waals surface area (Å²) in [6, 6.07) is 10.3. The van der Waals surface area contributed by atoms with Gasteiger partial charge in [-0.1, -0.05) is 23.7 Å². The van der Waals surface area contributed by atoms with Crippen molar-refractivity contribution < 1.29 is 22.4 Å². The van der Waals surface area contributed by atoms with E-state index < -0.39 is 29.8 Å². The highest BCUT2D eigenvalue weighted by Gasteiger charge is 2.41. The number of nitrogens with zero attached hydrogens (tertiary/aromatic N) is 3. The summed E-state index contributed by atoms with van der Waals surface area (Å²) < 4.78 is 54.1. The van der Waals surface area contributed by atoms with Gasteiger partial charge in [-0.05, 0) is 48.9 Å². The zero-order valence-electron chi connectivity index (χ0n) is 15.8. The number of halogens is 5. The quantitative estimate of drug-likeness (QED) is 0.549. The van der Waals surface area contributed by atoms with Crippen molar-refractivity contribution in [1.29, 1.82) is 0 Å². The lowest BCUT2D eigenvalue weighted by atomic mass is 9.95. The van der Waals surface area contributed by atoms with Gasteiger partial charge >= 0.3 is 6.18 Å². The van der Waals surface area contributed by atoms with Gasteiger partial charge in [-0.25, -0.2) is 9.07 Å². The summed E-state index contributed by atoms with van der Waals surface area (Å²) in [5, 5.41) is 9.45. The molecule has 1 aliphatic heterocycles. The standard InChI is InChI=1S/C20H14ClF4N5O/c1-10-15(17(31)27-14-8-4-12(21)5-9-14)16(11-2-6-13(22)7-3-11)30-19(26-10)28-18(29-30)20(23,24)25/h2-9,16H,1H3,(H,27,31)(H,26,28,29)/t16-/m1/s1. The Morgan fingerprint density at radius 3 is 2.39 bits per heavy atom. The Morgan fingerprint density at radius 1 is 1.13 bits per heavy atom. The number of hydrogen-bond donors (Lipinski definition) is 2. The number of benzene rings is 2. The normalized spacial score (nSPS) is 16.0. The van der Waals surface area contributed by atoms with Gasteiger partial charge in [0.05, 0.1) is 5.57 Å². The molecule has 0 bridgehead atoms. The molecule has 11 heteroatoms. The second kappa shape index (κ2) is 7.69. The highest BCUT2D eigenvalue weighted by Crippen LogP contribution is 2.38. The molecular formula is C20H14ClF4N5O. The van der Waals surface area contributed by atoms with Crippen LogP contribution in [-0.2, 0) is 11.0 Å². The molecule has 1 amide bonds. The summed E-state index contributed by atoms with van der Waals surface area (Å²) in [5.41, 5.74) is 1.19. The van der Waals surface area contributed by atoms with Gasteiger partial charge in [-0.2, -0.15) is 18.2 Å². The van der Waals surface area contributed by atoms with Crippen LogP contribution < -0.4 is 10.6 Å².